The van der Waals surface area contributed by atoms with Gasteiger partial charge in [0, 0.05) is 6.42 Å². The zero-order valence-electron chi connectivity index (χ0n) is 9.78. The van der Waals surface area contributed by atoms with E-state index in [4.69, 9.17) is 4.74 Å². The topological polar surface area (TPSA) is 26.3 Å². The third-order valence-corrected chi connectivity index (χ3v) is 4.83. The molecule has 1 unspecified atom stereocenters. The lowest BCUT2D eigenvalue weighted by atomic mass is 10.0. The van der Waals surface area contributed by atoms with Crippen molar-refractivity contribution in [3.63, 3.8) is 0 Å². The minimum Gasteiger partial charge on any atom is -0.492 e. The first-order valence-electron chi connectivity index (χ1n) is 6.27. The minimum absolute atomic E-state index is 0.152. The lowest BCUT2D eigenvalue weighted by Crippen LogP contribution is -2.21. The Balaban J connectivity index is 1.88. The van der Waals surface area contributed by atoms with Crippen LogP contribution in [0.25, 0.3) is 0 Å². The molecule has 1 atom stereocenters. The van der Waals surface area contributed by atoms with Crippen molar-refractivity contribution in [3.05, 3.63) is 29.3 Å². The standard InChI is InChI=1S/C14H16O2S/c15-13(12-6-1-2-9-17-12)11-5-3-4-10-7-8-16-14(10)11/h3-5,12H,1-2,6-9H2. The second-order valence-electron chi connectivity index (χ2n) is 4.61. The average molecular weight is 248 g/mol. The first-order valence-corrected chi connectivity index (χ1v) is 7.31. The number of hydrogen-bond acceptors (Lipinski definition) is 3. The normalized spacial score (nSPS) is 22.9. The van der Waals surface area contributed by atoms with Crippen molar-refractivity contribution in [3.8, 4) is 5.75 Å². The van der Waals surface area contributed by atoms with Crippen molar-refractivity contribution in [2.75, 3.05) is 12.4 Å². The monoisotopic (exact) mass is 248 g/mol. The molecule has 0 radical (unpaired) electrons. The van der Waals surface area contributed by atoms with Gasteiger partial charge in [-0.15, -0.1) is 0 Å². The van der Waals surface area contributed by atoms with Gasteiger partial charge in [-0.3, -0.25) is 4.79 Å². The summed E-state index contributed by atoms with van der Waals surface area (Å²) in [6.07, 6.45) is 4.39. The van der Waals surface area contributed by atoms with E-state index in [1.54, 1.807) is 11.8 Å². The van der Waals surface area contributed by atoms with Gasteiger partial charge >= 0.3 is 0 Å². The van der Waals surface area contributed by atoms with Crippen LogP contribution < -0.4 is 4.74 Å². The maximum absolute atomic E-state index is 12.5. The molecule has 0 aliphatic carbocycles. The van der Waals surface area contributed by atoms with E-state index < -0.39 is 0 Å². The van der Waals surface area contributed by atoms with Gasteiger partial charge in [0.15, 0.2) is 5.78 Å². The molecule has 2 aliphatic heterocycles. The molecule has 0 saturated carbocycles. The van der Waals surface area contributed by atoms with E-state index in [9.17, 15) is 4.79 Å². The van der Waals surface area contributed by atoms with Crippen LogP contribution in [0.3, 0.4) is 0 Å². The maximum atomic E-state index is 12.5. The number of ether oxygens (including phenoxy) is 1. The Labute approximate surface area is 106 Å². The predicted molar refractivity (Wildman–Crippen MR) is 70.1 cm³/mol. The number of ketones is 1. The Hall–Kier alpha value is -0.960. The fourth-order valence-electron chi connectivity index (χ4n) is 2.53. The van der Waals surface area contributed by atoms with Crippen molar-refractivity contribution in [1.29, 1.82) is 0 Å². The van der Waals surface area contributed by atoms with Crippen LogP contribution in [-0.2, 0) is 6.42 Å². The van der Waals surface area contributed by atoms with Crippen LogP contribution in [-0.4, -0.2) is 23.4 Å². The van der Waals surface area contributed by atoms with Gasteiger partial charge in [-0.05, 0) is 30.2 Å². The molecule has 90 valence electrons. The van der Waals surface area contributed by atoms with E-state index in [0.29, 0.717) is 0 Å². The van der Waals surface area contributed by atoms with Crippen molar-refractivity contribution >= 4 is 17.5 Å². The van der Waals surface area contributed by atoms with Gasteiger partial charge < -0.3 is 4.74 Å². The average Bonchev–Trinajstić information content (AvgIpc) is 2.87. The summed E-state index contributed by atoms with van der Waals surface area (Å²) < 4.78 is 5.61. The Bertz CT molecular complexity index is 436. The molecule has 0 N–H and O–H groups in total. The van der Waals surface area contributed by atoms with Crippen LogP contribution in [0.2, 0.25) is 0 Å². The summed E-state index contributed by atoms with van der Waals surface area (Å²) in [5, 5.41) is 0.152. The number of carbonyl (C=O) groups excluding carboxylic acids is 1. The molecule has 1 fully saturated rings. The first-order chi connectivity index (χ1) is 8.36. The van der Waals surface area contributed by atoms with E-state index in [0.717, 1.165) is 36.5 Å². The van der Waals surface area contributed by atoms with Crippen LogP contribution >= 0.6 is 11.8 Å². The van der Waals surface area contributed by atoms with Gasteiger partial charge in [-0.2, -0.15) is 11.8 Å². The Morgan fingerprint density at radius 2 is 2.29 bits per heavy atom. The largest absolute Gasteiger partial charge is 0.492 e. The highest BCUT2D eigenvalue weighted by molar-refractivity contribution is 8.00. The molecule has 2 nitrogen and oxygen atoms in total. The molecule has 1 aromatic carbocycles. The van der Waals surface area contributed by atoms with Crippen molar-refractivity contribution < 1.29 is 9.53 Å². The molecule has 1 saturated heterocycles. The molecule has 0 spiro atoms. The quantitative estimate of drug-likeness (QED) is 0.752. The molecule has 1 aromatic rings. The summed E-state index contributed by atoms with van der Waals surface area (Å²) in [5.41, 5.74) is 2.00. The highest BCUT2D eigenvalue weighted by atomic mass is 32.2. The van der Waals surface area contributed by atoms with Gasteiger partial charge in [0.1, 0.15) is 5.75 Å². The van der Waals surface area contributed by atoms with E-state index >= 15 is 0 Å². The van der Waals surface area contributed by atoms with Gasteiger partial charge in [0.25, 0.3) is 0 Å². The second kappa shape index (κ2) is 4.73. The van der Waals surface area contributed by atoms with E-state index in [1.165, 1.54) is 18.4 Å². The molecule has 3 rings (SSSR count). The highest BCUT2D eigenvalue weighted by Gasteiger charge is 2.27. The minimum atomic E-state index is 0.152. The molecular formula is C14H16O2S. The van der Waals surface area contributed by atoms with Crippen molar-refractivity contribution in [2.45, 2.75) is 30.9 Å². The second-order valence-corrected chi connectivity index (χ2v) is 5.92. The van der Waals surface area contributed by atoms with Gasteiger partial charge in [-0.1, -0.05) is 18.6 Å². The van der Waals surface area contributed by atoms with Crippen molar-refractivity contribution in [1.82, 2.24) is 0 Å². The first kappa shape index (κ1) is 11.1. The summed E-state index contributed by atoms with van der Waals surface area (Å²) in [7, 11) is 0. The summed E-state index contributed by atoms with van der Waals surface area (Å²) in [6.45, 7) is 0.720. The number of benzene rings is 1. The number of rotatable bonds is 2. The van der Waals surface area contributed by atoms with Crippen LogP contribution in [0.4, 0.5) is 0 Å². The Morgan fingerprint density at radius 3 is 3.12 bits per heavy atom. The molecule has 0 bridgehead atoms. The van der Waals surface area contributed by atoms with Crippen LogP contribution in [0.15, 0.2) is 18.2 Å². The molecular weight excluding hydrogens is 232 g/mol. The number of carbonyl (C=O) groups is 1. The zero-order valence-corrected chi connectivity index (χ0v) is 10.6. The maximum Gasteiger partial charge on any atom is 0.179 e. The molecule has 2 aliphatic rings. The number of hydrogen-bond donors (Lipinski definition) is 0. The van der Waals surface area contributed by atoms with E-state index in [1.807, 2.05) is 12.1 Å². The zero-order chi connectivity index (χ0) is 11.7. The SMILES string of the molecule is O=C(c1cccc2c1OCC2)C1CCCCS1. The number of Topliss-reactive ketones (excluding diaryl/α,β-unsaturated/α-hetero) is 1. The Kier molecular flexibility index (Phi) is 3.10. The lowest BCUT2D eigenvalue weighted by molar-refractivity contribution is 0.0982. The summed E-state index contributed by atoms with van der Waals surface area (Å²) >= 11 is 1.81. The summed E-state index contributed by atoms with van der Waals surface area (Å²) in [5.74, 6) is 2.24. The smallest absolute Gasteiger partial charge is 0.179 e. The van der Waals surface area contributed by atoms with E-state index in [-0.39, 0.29) is 11.0 Å². The van der Waals surface area contributed by atoms with Crippen LogP contribution in [0.5, 0.6) is 5.75 Å². The van der Waals surface area contributed by atoms with Gasteiger partial charge in [0.05, 0.1) is 17.4 Å². The molecule has 0 amide bonds. The number of para-hydroxylation sites is 1. The Morgan fingerprint density at radius 1 is 1.35 bits per heavy atom. The van der Waals surface area contributed by atoms with Crippen LogP contribution in [0.1, 0.15) is 35.2 Å². The van der Waals surface area contributed by atoms with Gasteiger partial charge in [0.2, 0.25) is 0 Å². The molecule has 2 heterocycles. The lowest BCUT2D eigenvalue weighted by Gasteiger charge is -2.20. The molecule has 17 heavy (non-hydrogen) atoms. The van der Waals surface area contributed by atoms with Crippen molar-refractivity contribution in [2.24, 2.45) is 0 Å². The molecule has 0 aromatic heterocycles. The predicted octanol–water partition coefficient (Wildman–Crippen LogP) is 3.09. The third-order valence-electron chi connectivity index (χ3n) is 3.45. The van der Waals surface area contributed by atoms with Gasteiger partial charge in [-0.25, -0.2) is 0 Å². The number of fused-ring (bicyclic) bond motifs is 1. The van der Waals surface area contributed by atoms with Crippen LogP contribution in [0, 0.1) is 0 Å². The number of thioether (sulfide) groups is 1. The molecule has 3 heteroatoms. The third kappa shape index (κ3) is 2.08. The fraction of sp³-hybridized carbons (Fsp3) is 0.500. The summed E-state index contributed by atoms with van der Waals surface area (Å²) in [4.78, 5) is 12.5. The fourth-order valence-corrected chi connectivity index (χ4v) is 3.80. The summed E-state index contributed by atoms with van der Waals surface area (Å²) in [6, 6.07) is 5.96. The highest BCUT2D eigenvalue weighted by Crippen LogP contribution is 2.34. The van der Waals surface area contributed by atoms with E-state index in [2.05, 4.69) is 6.07 Å².